The van der Waals surface area contributed by atoms with Crippen LogP contribution >= 0.6 is 0 Å². The fourth-order valence-corrected chi connectivity index (χ4v) is 1.26. The molecule has 1 fully saturated rings. The van der Waals surface area contributed by atoms with Crippen molar-refractivity contribution >= 4 is 0 Å². The van der Waals surface area contributed by atoms with E-state index in [0.717, 1.165) is 18.8 Å². The van der Waals surface area contributed by atoms with E-state index in [0.29, 0.717) is 0 Å². The predicted octanol–water partition coefficient (Wildman–Crippen LogP) is 0.273. The number of hydrogen-bond acceptors (Lipinski definition) is 3. The second-order valence-electron chi connectivity index (χ2n) is 2.60. The van der Waals surface area contributed by atoms with Crippen LogP contribution in [0.1, 0.15) is 11.9 Å². The van der Waals surface area contributed by atoms with Gasteiger partial charge in [0.25, 0.3) is 0 Å². The topological polar surface area (TPSA) is 37.0 Å². The Kier molecular flexibility index (Phi) is 1.83. The smallest absolute Gasteiger partial charge is 0.101 e. The zero-order valence-corrected chi connectivity index (χ0v) is 6.25. The van der Waals surface area contributed by atoms with Crippen molar-refractivity contribution in [2.24, 2.45) is 0 Å². The van der Waals surface area contributed by atoms with Crippen molar-refractivity contribution in [3.63, 3.8) is 0 Å². The molecule has 3 heteroatoms. The molecule has 0 unspecified atom stereocenters. The summed E-state index contributed by atoms with van der Waals surface area (Å²) >= 11 is 0. The van der Waals surface area contributed by atoms with Crippen molar-refractivity contribution in [2.45, 2.75) is 6.17 Å². The minimum atomic E-state index is 0.260. The van der Waals surface area contributed by atoms with E-state index in [9.17, 15) is 0 Å². The summed E-state index contributed by atoms with van der Waals surface area (Å²) in [5.74, 6) is 0. The molecule has 0 spiro atoms. The first-order chi connectivity index (χ1) is 5.47. The Hall–Kier alpha value is -0.930. The van der Waals surface area contributed by atoms with Crippen LogP contribution in [0, 0.1) is 0 Å². The van der Waals surface area contributed by atoms with Crippen molar-refractivity contribution in [1.29, 1.82) is 0 Å². The molecule has 0 radical (unpaired) electrons. The molecule has 0 saturated carbocycles. The maximum absolute atomic E-state index is 4.24. The minimum absolute atomic E-state index is 0.260. The molecule has 3 nitrogen and oxygen atoms in total. The van der Waals surface area contributed by atoms with Crippen LogP contribution in [0.15, 0.2) is 24.4 Å². The molecule has 2 heterocycles. The van der Waals surface area contributed by atoms with E-state index >= 15 is 0 Å². The highest BCUT2D eigenvalue weighted by Gasteiger charge is 2.14. The lowest BCUT2D eigenvalue weighted by molar-refractivity contribution is 0.571. The molecule has 1 aromatic rings. The second kappa shape index (κ2) is 2.98. The molecule has 2 N–H and O–H groups in total. The molecule has 1 saturated heterocycles. The van der Waals surface area contributed by atoms with Crippen molar-refractivity contribution in [1.82, 2.24) is 15.6 Å². The number of nitrogens with zero attached hydrogens (tertiary/aromatic N) is 1. The minimum Gasteiger partial charge on any atom is -0.296 e. The van der Waals surface area contributed by atoms with Gasteiger partial charge in [0.2, 0.25) is 0 Å². The zero-order valence-electron chi connectivity index (χ0n) is 6.25. The van der Waals surface area contributed by atoms with E-state index in [1.807, 2.05) is 24.4 Å². The summed E-state index contributed by atoms with van der Waals surface area (Å²) in [5.41, 5.74) is 1.07. The number of pyridine rings is 1. The van der Waals surface area contributed by atoms with Gasteiger partial charge in [-0.05, 0) is 12.1 Å². The summed E-state index contributed by atoms with van der Waals surface area (Å²) in [7, 11) is 0. The lowest BCUT2D eigenvalue weighted by Crippen LogP contribution is -2.21. The van der Waals surface area contributed by atoms with Gasteiger partial charge in [-0.3, -0.25) is 15.6 Å². The van der Waals surface area contributed by atoms with Crippen molar-refractivity contribution in [2.75, 3.05) is 13.1 Å². The summed E-state index contributed by atoms with van der Waals surface area (Å²) in [4.78, 5) is 4.24. The first-order valence-electron chi connectivity index (χ1n) is 3.84. The van der Waals surface area contributed by atoms with Gasteiger partial charge in [-0.25, -0.2) is 0 Å². The van der Waals surface area contributed by atoms with Crippen LogP contribution in [0.4, 0.5) is 0 Å². The first-order valence-corrected chi connectivity index (χ1v) is 3.84. The van der Waals surface area contributed by atoms with E-state index < -0.39 is 0 Å². The molecule has 0 atom stereocenters. The van der Waals surface area contributed by atoms with Crippen LogP contribution in [0.2, 0.25) is 0 Å². The molecule has 0 aromatic carbocycles. The van der Waals surface area contributed by atoms with Gasteiger partial charge in [0.05, 0.1) is 5.69 Å². The first kappa shape index (κ1) is 6.76. The van der Waals surface area contributed by atoms with Crippen molar-refractivity contribution in [3.8, 4) is 0 Å². The molecule has 11 heavy (non-hydrogen) atoms. The van der Waals surface area contributed by atoms with Gasteiger partial charge in [-0.2, -0.15) is 0 Å². The van der Waals surface area contributed by atoms with Crippen LogP contribution in [-0.4, -0.2) is 18.1 Å². The van der Waals surface area contributed by atoms with Gasteiger partial charge < -0.3 is 0 Å². The van der Waals surface area contributed by atoms with Gasteiger partial charge in [0, 0.05) is 19.3 Å². The third-order valence-corrected chi connectivity index (χ3v) is 1.81. The monoisotopic (exact) mass is 149 g/mol. The van der Waals surface area contributed by atoms with Crippen LogP contribution in [0.25, 0.3) is 0 Å². The lowest BCUT2D eigenvalue weighted by atomic mass is 10.3. The Balaban J connectivity index is 2.16. The molecule has 1 aliphatic heterocycles. The van der Waals surface area contributed by atoms with Crippen LogP contribution in [-0.2, 0) is 0 Å². The molecule has 58 valence electrons. The highest BCUT2D eigenvalue weighted by atomic mass is 15.2. The number of hydrogen-bond donors (Lipinski definition) is 2. The highest BCUT2D eigenvalue weighted by Crippen LogP contribution is 2.07. The Labute approximate surface area is 65.8 Å². The van der Waals surface area contributed by atoms with E-state index in [1.54, 1.807) is 0 Å². The zero-order chi connectivity index (χ0) is 7.52. The molecule has 0 bridgehead atoms. The van der Waals surface area contributed by atoms with Gasteiger partial charge in [0.15, 0.2) is 0 Å². The summed E-state index contributed by atoms with van der Waals surface area (Å²) in [5, 5.41) is 6.60. The molecule has 1 aliphatic rings. The van der Waals surface area contributed by atoms with Crippen LogP contribution < -0.4 is 10.6 Å². The van der Waals surface area contributed by atoms with Gasteiger partial charge in [-0.1, -0.05) is 6.07 Å². The Bertz CT molecular complexity index is 216. The fraction of sp³-hybridized carbons (Fsp3) is 0.375. The molecule has 1 aromatic heterocycles. The average molecular weight is 149 g/mol. The summed E-state index contributed by atoms with van der Waals surface area (Å²) in [6, 6.07) is 5.96. The third-order valence-electron chi connectivity index (χ3n) is 1.81. The lowest BCUT2D eigenvalue weighted by Gasteiger charge is -2.08. The highest BCUT2D eigenvalue weighted by molar-refractivity contribution is 5.08. The van der Waals surface area contributed by atoms with E-state index in [2.05, 4.69) is 15.6 Å². The fourth-order valence-electron chi connectivity index (χ4n) is 1.26. The Morgan fingerprint density at radius 1 is 1.27 bits per heavy atom. The molecular formula is C8H11N3. The number of nitrogens with one attached hydrogen (secondary N) is 2. The maximum Gasteiger partial charge on any atom is 0.101 e. The quantitative estimate of drug-likeness (QED) is 0.602. The summed E-state index contributed by atoms with van der Waals surface area (Å²) < 4.78 is 0. The normalized spacial score (nSPS) is 18.9. The maximum atomic E-state index is 4.24. The van der Waals surface area contributed by atoms with Crippen molar-refractivity contribution in [3.05, 3.63) is 30.1 Å². The van der Waals surface area contributed by atoms with Crippen LogP contribution in [0.5, 0.6) is 0 Å². The van der Waals surface area contributed by atoms with Gasteiger partial charge in [-0.15, -0.1) is 0 Å². The molecule has 0 aliphatic carbocycles. The number of aromatic nitrogens is 1. The second-order valence-corrected chi connectivity index (χ2v) is 2.60. The molecule has 2 rings (SSSR count). The largest absolute Gasteiger partial charge is 0.296 e. The Morgan fingerprint density at radius 3 is 2.73 bits per heavy atom. The summed E-state index contributed by atoms with van der Waals surface area (Å²) in [6.07, 6.45) is 2.08. The summed E-state index contributed by atoms with van der Waals surface area (Å²) in [6.45, 7) is 2.06. The van der Waals surface area contributed by atoms with Crippen LogP contribution in [0.3, 0.4) is 0 Å². The van der Waals surface area contributed by atoms with Gasteiger partial charge in [0.1, 0.15) is 6.17 Å². The molecule has 0 amide bonds. The average Bonchev–Trinajstić information content (AvgIpc) is 2.58. The van der Waals surface area contributed by atoms with Gasteiger partial charge >= 0.3 is 0 Å². The third kappa shape index (κ3) is 1.39. The van der Waals surface area contributed by atoms with E-state index in [4.69, 9.17) is 0 Å². The predicted molar refractivity (Wildman–Crippen MR) is 43.0 cm³/mol. The molecular weight excluding hydrogens is 138 g/mol. The van der Waals surface area contributed by atoms with E-state index in [-0.39, 0.29) is 6.17 Å². The van der Waals surface area contributed by atoms with E-state index in [1.165, 1.54) is 0 Å². The Morgan fingerprint density at radius 2 is 2.09 bits per heavy atom. The number of rotatable bonds is 1. The SMILES string of the molecule is c1ccc(C2NCCN2)nc1. The van der Waals surface area contributed by atoms with Crippen molar-refractivity contribution < 1.29 is 0 Å². The standard InChI is InChI=1S/C8H11N3/c1-2-4-9-7(3-1)8-10-5-6-11-8/h1-4,8,10-11H,5-6H2.